The third kappa shape index (κ3) is 5.13. The third-order valence-electron chi connectivity index (χ3n) is 2.58. The van der Waals surface area contributed by atoms with Crippen molar-refractivity contribution in [1.82, 2.24) is 5.32 Å². The molecule has 3 N–H and O–H groups in total. The number of rotatable bonds is 6. The molecule has 0 aliphatic heterocycles. The Labute approximate surface area is 107 Å². The highest BCUT2D eigenvalue weighted by Gasteiger charge is 2.08. The molecule has 0 aromatic heterocycles. The molecule has 3 nitrogen and oxygen atoms in total. The molecule has 0 atom stereocenters. The van der Waals surface area contributed by atoms with E-state index in [1.165, 1.54) is 11.8 Å². The topological polar surface area (TPSA) is 55.1 Å². The molecular formula is C13H20N2OS. The minimum atomic E-state index is 0.0890. The van der Waals surface area contributed by atoms with Gasteiger partial charge in [-0.15, -0.1) is 11.8 Å². The van der Waals surface area contributed by atoms with E-state index >= 15 is 0 Å². The number of carbonyl (C=O) groups excluding carboxylic acids is 1. The van der Waals surface area contributed by atoms with Crippen LogP contribution in [0.1, 0.15) is 26.7 Å². The van der Waals surface area contributed by atoms with Crippen LogP contribution in [0.25, 0.3) is 0 Å². The van der Waals surface area contributed by atoms with Crippen molar-refractivity contribution in [1.29, 1.82) is 0 Å². The van der Waals surface area contributed by atoms with Crippen LogP contribution in [0.3, 0.4) is 0 Å². The van der Waals surface area contributed by atoms with E-state index in [9.17, 15) is 4.79 Å². The maximum Gasteiger partial charge on any atom is 0.230 e. The second kappa shape index (κ2) is 7.22. The smallest absolute Gasteiger partial charge is 0.230 e. The summed E-state index contributed by atoms with van der Waals surface area (Å²) in [5.41, 5.74) is 6.41. The van der Waals surface area contributed by atoms with Crippen LogP contribution in [-0.2, 0) is 4.79 Å². The molecular weight excluding hydrogens is 232 g/mol. The zero-order chi connectivity index (χ0) is 12.7. The van der Waals surface area contributed by atoms with Crippen molar-refractivity contribution < 1.29 is 4.79 Å². The van der Waals surface area contributed by atoms with Crippen LogP contribution in [0.15, 0.2) is 29.2 Å². The first kappa shape index (κ1) is 13.9. The lowest BCUT2D eigenvalue weighted by Gasteiger charge is -2.14. The molecule has 0 saturated carbocycles. The Morgan fingerprint density at radius 3 is 2.71 bits per heavy atom. The standard InChI is InChI=1S/C13H20N2OS/c1-3-11(4-2)15-13(16)9-17-12-7-5-6-10(14)8-12/h5-8,11H,3-4,9,14H2,1-2H3,(H,15,16). The Bertz CT molecular complexity index is 364. The molecule has 0 saturated heterocycles. The summed E-state index contributed by atoms with van der Waals surface area (Å²) in [4.78, 5) is 12.7. The molecule has 1 aromatic rings. The summed E-state index contributed by atoms with van der Waals surface area (Å²) in [6.45, 7) is 4.17. The number of amides is 1. The number of nitrogens with one attached hydrogen (secondary N) is 1. The number of hydrogen-bond donors (Lipinski definition) is 2. The van der Waals surface area contributed by atoms with Gasteiger partial charge in [0.15, 0.2) is 0 Å². The Morgan fingerprint density at radius 1 is 1.41 bits per heavy atom. The minimum Gasteiger partial charge on any atom is -0.399 e. The molecule has 0 spiro atoms. The van der Waals surface area contributed by atoms with E-state index < -0.39 is 0 Å². The van der Waals surface area contributed by atoms with Gasteiger partial charge in [0.05, 0.1) is 5.75 Å². The molecule has 0 aliphatic rings. The van der Waals surface area contributed by atoms with Gasteiger partial charge in [0.25, 0.3) is 0 Å². The SMILES string of the molecule is CCC(CC)NC(=O)CSc1cccc(N)c1. The van der Waals surface area contributed by atoms with Crippen LogP contribution >= 0.6 is 11.8 Å². The van der Waals surface area contributed by atoms with E-state index in [1.807, 2.05) is 24.3 Å². The van der Waals surface area contributed by atoms with Crippen molar-refractivity contribution in [3.05, 3.63) is 24.3 Å². The lowest BCUT2D eigenvalue weighted by Crippen LogP contribution is -2.34. The Morgan fingerprint density at radius 2 is 2.12 bits per heavy atom. The number of hydrogen-bond acceptors (Lipinski definition) is 3. The monoisotopic (exact) mass is 252 g/mol. The number of benzene rings is 1. The highest BCUT2D eigenvalue weighted by atomic mass is 32.2. The quantitative estimate of drug-likeness (QED) is 0.604. The van der Waals surface area contributed by atoms with Gasteiger partial charge in [0.1, 0.15) is 0 Å². The van der Waals surface area contributed by atoms with Crippen LogP contribution in [0.2, 0.25) is 0 Å². The van der Waals surface area contributed by atoms with Crippen LogP contribution in [0.4, 0.5) is 5.69 Å². The fourth-order valence-electron chi connectivity index (χ4n) is 1.52. The zero-order valence-electron chi connectivity index (χ0n) is 10.4. The summed E-state index contributed by atoms with van der Waals surface area (Å²) < 4.78 is 0. The third-order valence-corrected chi connectivity index (χ3v) is 3.57. The molecule has 0 heterocycles. The summed E-state index contributed by atoms with van der Waals surface area (Å²) in [6.07, 6.45) is 1.95. The van der Waals surface area contributed by atoms with E-state index in [-0.39, 0.29) is 5.91 Å². The molecule has 0 aliphatic carbocycles. The van der Waals surface area contributed by atoms with Gasteiger partial charge in [-0.3, -0.25) is 4.79 Å². The normalized spacial score (nSPS) is 10.5. The largest absolute Gasteiger partial charge is 0.399 e. The second-order valence-corrected chi connectivity index (χ2v) is 4.99. The van der Waals surface area contributed by atoms with Crippen LogP contribution in [0, 0.1) is 0 Å². The molecule has 1 aromatic carbocycles. The van der Waals surface area contributed by atoms with E-state index in [0.29, 0.717) is 11.8 Å². The molecule has 0 radical (unpaired) electrons. The lowest BCUT2D eigenvalue weighted by molar-refractivity contribution is -0.119. The van der Waals surface area contributed by atoms with Gasteiger partial charge in [0.2, 0.25) is 5.91 Å². The van der Waals surface area contributed by atoms with Crippen LogP contribution in [-0.4, -0.2) is 17.7 Å². The maximum absolute atomic E-state index is 11.7. The predicted octanol–water partition coefficient (Wildman–Crippen LogP) is 2.67. The molecule has 1 rings (SSSR count). The summed E-state index contributed by atoms with van der Waals surface area (Å²) >= 11 is 1.51. The van der Waals surface area contributed by atoms with Gasteiger partial charge in [0, 0.05) is 16.6 Å². The molecule has 94 valence electrons. The predicted molar refractivity (Wildman–Crippen MR) is 74.1 cm³/mol. The van der Waals surface area contributed by atoms with Crippen molar-refractivity contribution in [3.63, 3.8) is 0 Å². The minimum absolute atomic E-state index is 0.0890. The summed E-state index contributed by atoms with van der Waals surface area (Å²) in [7, 11) is 0. The van der Waals surface area contributed by atoms with E-state index in [1.54, 1.807) is 0 Å². The van der Waals surface area contributed by atoms with Gasteiger partial charge in [-0.1, -0.05) is 19.9 Å². The van der Waals surface area contributed by atoms with Gasteiger partial charge >= 0.3 is 0 Å². The molecule has 0 unspecified atom stereocenters. The van der Waals surface area contributed by atoms with Gasteiger partial charge in [-0.25, -0.2) is 0 Å². The fraction of sp³-hybridized carbons (Fsp3) is 0.462. The molecule has 0 bridgehead atoms. The van der Waals surface area contributed by atoms with E-state index in [0.717, 1.165) is 23.4 Å². The van der Waals surface area contributed by atoms with Crippen molar-refractivity contribution >= 4 is 23.4 Å². The first-order chi connectivity index (χ1) is 8.15. The highest BCUT2D eigenvalue weighted by Crippen LogP contribution is 2.19. The highest BCUT2D eigenvalue weighted by molar-refractivity contribution is 8.00. The van der Waals surface area contributed by atoms with Gasteiger partial charge in [-0.2, -0.15) is 0 Å². The summed E-state index contributed by atoms with van der Waals surface area (Å²) in [5.74, 6) is 0.533. The molecule has 0 fully saturated rings. The number of nitrogens with two attached hydrogens (primary N) is 1. The molecule has 17 heavy (non-hydrogen) atoms. The fourth-order valence-corrected chi connectivity index (χ4v) is 2.29. The summed E-state index contributed by atoms with van der Waals surface area (Å²) in [6, 6.07) is 7.88. The molecule has 1 amide bonds. The van der Waals surface area contributed by atoms with Crippen molar-refractivity contribution in [3.8, 4) is 0 Å². The van der Waals surface area contributed by atoms with Crippen LogP contribution < -0.4 is 11.1 Å². The second-order valence-electron chi connectivity index (χ2n) is 3.94. The number of nitrogen functional groups attached to an aromatic ring is 1. The molecule has 4 heteroatoms. The Hall–Kier alpha value is -1.16. The van der Waals surface area contributed by atoms with E-state index in [2.05, 4.69) is 19.2 Å². The van der Waals surface area contributed by atoms with E-state index in [4.69, 9.17) is 5.73 Å². The van der Waals surface area contributed by atoms with Crippen molar-refractivity contribution in [2.45, 2.75) is 37.6 Å². The van der Waals surface area contributed by atoms with Crippen molar-refractivity contribution in [2.75, 3.05) is 11.5 Å². The maximum atomic E-state index is 11.7. The average molecular weight is 252 g/mol. The van der Waals surface area contributed by atoms with Gasteiger partial charge in [-0.05, 0) is 31.0 Å². The first-order valence-corrected chi connectivity index (χ1v) is 6.92. The van der Waals surface area contributed by atoms with Crippen LogP contribution in [0.5, 0.6) is 0 Å². The number of carbonyl (C=O) groups is 1. The lowest BCUT2D eigenvalue weighted by atomic mass is 10.2. The Kier molecular flexibility index (Phi) is 5.91. The Balaban J connectivity index is 2.38. The first-order valence-electron chi connectivity index (χ1n) is 5.93. The average Bonchev–Trinajstić information content (AvgIpc) is 2.33. The summed E-state index contributed by atoms with van der Waals surface area (Å²) in [5, 5.41) is 3.01. The number of anilines is 1. The van der Waals surface area contributed by atoms with Gasteiger partial charge < -0.3 is 11.1 Å². The zero-order valence-corrected chi connectivity index (χ0v) is 11.2. The van der Waals surface area contributed by atoms with Crippen molar-refractivity contribution in [2.24, 2.45) is 0 Å². The number of thioether (sulfide) groups is 1.